The monoisotopic (exact) mass is 570 g/mol. The van der Waals surface area contributed by atoms with Crippen LogP contribution in [0.2, 0.25) is 0 Å². The third-order valence-corrected chi connectivity index (χ3v) is 7.70. The predicted molar refractivity (Wildman–Crippen MR) is 139 cm³/mol. The Morgan fingerprint density at radius 1 is 1.15 bits per heavy atom. The molecule has 2 N–H and O–H groups in total. The smallest absolute Gasteiger partial charge is 0.416 e. The molecular weight excluding hydrogens is 537 g/mol. The Morgan fingerprint density at radius 3 is 2.38 bits per heavy atom. The van der Waals surface area contributed by atoms with Crippen LogP contribution in [-0.2, 0) is 32.5 Å². The molecule has 12 heteroatoms. The van der Waals surface area contributed by atoms with Crippen LogP contribution in [0.3, 0.4) is 0 Å². The van der Waals surface area contributed by atoms with E-state index in [0.717, 1.165) is 22.0 Å². The molecule has 2 aromatic rings. The maximum Gasteiger partial charge on any atom is 0.416 e. The molecule has 0 saturated heterocycles. The van der Waals surface area contributed by atoms with E-state index in [1.54, 1.807) is 52.0 Å². The average molecular weight is 571 g/mol. The molecule has 0 bridgehead atoms. The van der Waals surface area contributed by atoms with Crippen molar-refractivity contribution >= 4 is 16.2 Å². The maximum atomic E-state index is 12.8. The summed E-state index contributed by atoms with van der Waals surface area (Å²) in [5.41, 5.74) is 0.602. The van der Waals surface area contributed by atoms with E-state index in [1.807, 2.05) is 0 Å². The maximum absolute atomic E-state index is 12.8. The number of allylic oxidation sites excluding steroid dienone is 1. The summed E-state index contributed by atoms with van der Waals surface area (Å²) in [6.45, 7) is 6.09. The van der Waals surface area contributed by atoms with Gasteiger partial charge in [-0.25, -0.2) is 0 Å². The van der Waals surface area contributed by atoms with Gasteiger partial charge in [0.2, 0.25) is 0 Å². The first kappa shape index (κ1) is 30.5. The number of carboxylic acid groups (broad SMARTS) is 1. The van der Waals surface area contributed by atoms with Crippen LogP contribution in [0.1, 0.15) is 63.3 Å². The van der Waals surface area contributed by atoms with E-state index >= 15 is 0 Å². The lowest BCUT2D eigenvalue weighted by molar-refractivity contribution is -0.138. The zero-order valence-electron chi connectivity index (χ0n) is 22.2. The van der Waals surface area contributed by atoms with Crippen LogP contribution in [0, 0.1) is 0 Å². The van der Waals surface area contributed by atoms with Crippen LogP contribution in [-0.4, -0.2) is 42.5 Å². The van der Waals surface area contributed by atoms with Crippen LogP contribution in [0.5, 0.6) is 5.75 Å². The SMILES string of the molecule is CC1=C(COc2cccc(CN(CC(=O)O)S(=O)(=O)NC(C)(C)C)c2)CCC(c2ccc(C(F)(F)F)cc2)O1. The van der Waals surface area contributed by atoms with Crippen molar-refractivity contribution in [3.05, 3.63) is 76.6 Å². The summed E-state index contributed by atoms with van der Waals surface area (Å²) in [6.07, 6.45) is -3.55. The van der Waals surface area contributed by atoms with Gasteiger partial charge in [-0.05, 0) is 75.9 Å². The Kier molecular flexibility index (Phi) is 9.35. The van der Waals surface area contributed by atoms with Crippen molar-refractivity contribution in [2.75, 3.05) is 13.2 Å². The molecule has 3 rings (SSSR count). The van der Waals surface area contributed by atoms with Gasteiger partial charge >= 0.3 is 12.1 Å². The van der Waals surface area contributed by atoms with Gasteiger partial charge in [-0.15, -0.1) is 0 Å². The molecule has 2 aromatic carbocycles. The van der Waals surface area contributed by atoms with Crippen molar-refractivity contribution in [2.45, 2.75) is 64.9 Å². The van der Waals surface area contributed by atoms with Crippen molar-refractivity contribution in [2.24, 2.45) is 0 Å². The average Bonchev–Trinajstić information content (AvgIpc) is 2.81. The van der Waals surface area contributed by atoms with Gasteiger partial charge in [0, 0.05) is 17.7 Å². The van der Waals surface area contributed by atoms with Gasteiger partial charge in [0.25, 0.3) is 10.2 Å². The Morgan fingerprint density at radius 2 is 1.82 bits per heavy atom. The number of rotatable bonds is 10. The highest BCUT2D eigenvalue weighted by molar-refractivity contribution is 7.87. The standard InChI is InChI=1S/C27H33F3N2O6S/c1-18-21(10-13-24(38-18)20-8-11-22(12-9-20)27(28,29)30)17-37-23-7-5-6-19(14-23)15-32(16-25(33)34)39(35,36)31-26(2,3)4/h5-9,11-12,14,24,31H,10,13,15-17H2,1-4H3,(H,33,34). The van der Waals surface area contributed by atoms with Crippen molar-refractivity contribution in [3.63, 3.8) is 0 Å². The van der Waals surface area contributed by atoms with E-state index in [9.17, 15) is 31.5 Å². The number of carboxylic acids is 1. The summed E-state index contributed by atoms with van der Waals surface area (Å²) >= 11 is 0. The predicted octanol–water partition coefficient (Wildman–Crippen LogP) is 5.43. The largest absolute Gasteiger partial charge is 0.490 e. The number of benzene rings is 2. The molecule has 1 unspecified atom stereocenters. The lowest BCUT2D eigenvalue weighted by Crippen LogP contribution is -2.49. The fraction of sp³-hybridized carbons (Fsp3) is 0.444. The van der Waals surface area contributed by atoms with E-state index < -0.39 is 40.0 Å². The van der Waals surface area contributed by atoms with Gasteiger partial charge in [-0.1, -0.05) is 24.3 Å². The fourth-order valence-corrected chi connectivity index (χ4v) is 5.57. The lowest BCUT2D eigenvalue weighted by atomic mass is 9.97. The Hall–Kier alpha value is -3.09. The lowest BCUT2D eigenvalue weighted by Gasteiger charge is -2.28. The van der Waals surface area contributed by atoms with Gasteiger partial charge < -0.3 is 14.6 Å². The highest BCUT2D eigenvalue weighted by atomic mass is 32.2. The molecule has 214 valence electrons. The van der Waals surface area contributed by atoms with Crippen LogP contribution in [0.15, 0.2) is 59.9 Å². The minimum Gasteiger partial charge on any atom is -0.490 e. The van der Waals surface area contributed by atoms with Crippen LogP contribution < -0.4 is 9.46 Å². The van der Waals surface area contributed by atoms with Crippen LogP contribution >= 0.6 is 0 Å². The molecule has 1 atom stereocenters. The highest BCUT2D eigenvalue weighted by Crippen LogP contribution is 2.36. The molecule has 0 aromatic heterocycles. The molecule has 39 heavy (non-hydrogen) atoms. The molecule has 1 aliphatic heterocycles. The molecule has 1 heterocycles. The zero-order chi connectivity index (χ0) is 29.0. The van der Waals surface area contributed by atoms with Crippen LogP contribution in [0.4, 0.5) is 13.2 Å². The number of nitrogens with zero attached hydrogens (tertiary/aromatic N) is 1. The first-order valence-electron chi connectivity index (χ1n) is 12.3. The number of aliphatic carboxylic acids is 1. The number of hydrogen-bond acceptors (Lipinski definition) is 5. The van der Waals surface area contributed by atoms with Crippen molar-refractivity contribution in [1.29, 1.82) is 0 Å². The summed E-state index contributed by atoms with van der Waals surface area (Å²) in [4.78, 5) is 11.3. The molecule has 0 amide bonds. The van der Waals surface area contributed by atoms with Gasteiger partial charge in [0.15, 0.2) is 0 Å². The van der Waals surface area contributed by atoms with Crippen molar-refractivity contribution in [1.82, 2.24) is 9.03 Å². The van der Waals surface area contributed by atoms with Gasteiger partial charge in [-0.2, -0.15) is 30.6 Å². The summed E-state index contributed by atoms with van der Waals surface area (Å²) in [7, 11) is -4.08. The number of halogens is 3. The summed E-state index contributed by atoms with van der Waals surface area (Å²) in [6, 6.07) is 11.7. The quantitative estimate of drug-likeness (QED) is 0.395. The number of ether oxygens (including phenoxy) is 2. The normalized spacial score (nSPS) is 16.8. The third-order valence-electron chi connectivity index (χ3n) is 5.89. The van der Waals surface area contributed by atoms with E-state index in [4.69, 9.17) is 9.47 Å². The topological polar surface area (TPSA) is 105 Å². The zero-order valence-corrected chi connectivity index (χ0v) is 23.0. The summed E-state index contributed by atoms with van der Waals surface area (Å²) in [5, 5.41) is 9.25. The number of carbonyl (C=O) groups is 1. The van der Waals surface area contributed by atoms with Gasteiger partial charge in [-0.3, -0.25) is 4.79 Å². The molecule has 8 nitrogen and oxygen atoms in total. The molecule has 0 spiro atoms. The van der Waals surface area contributed by atoms with Crippen molar-refractivity contribution < 1.29 is 41.0 Å². The van der Waals surface area contributed by atoms with E-state index in [1.165, 1.54) is 12.1 Å². The van der Waals surface area contributed by atoms with E-state index in [-0.39, 0.29) is 19.3 Å². The van der Waals surface area contributed by atoms with Crippen LogP contribution in [0.25, 0.3) is 0 Å². The Balaban J connectivity index is 1.65. The van der Waals surface area contributed by atoms with E-state index in [0.29, 0.717) is 35.5 Å². The second-order valence-electron chi connectivity index (χ2n) is 10.4. The number of nitrogens with one attached hydrogen (secondary N) is 1. The highest BCUT2D eigenvalue weighted by Gasteiger charge is 2.31. The summed E-state index contributed by atoms with van der Waals surface area (Å²) in [5.74, 6) is -0.181. The van der Waals surface area contributed by atoms with E-state index in [2.05, 4.69) is 4.72 Å². The Bertz CT molecular complexity index is 1300. The third kappa shape index (κ3) is 8.97. The minimum absolute atomic E-state index is 0.172. The summed E-state index contributed by atoms with van der Waals surface area (Å²) < 4.78 is 79.3. The molecular formula is C27H33F3N2O6S. The Labute approximate surface area is 226 Å². The molecule has 1 aliphatic rings. The minimum atomic E-state index is -4.39. The number of alkyl halides is 3. The van der Waals surface area contributed by atoms with Crippen molar-refractivity contribution in [3.8, 4) is 5.75 Å². The first-order valence-corrected chi connectivity index (χ1v) is 13.7. The van der Waals surface area contributed by atoms with Gasteiger partial charge in [0.1, 0.15) is 25.0 Å². The molecule has 0 aliphatic carbocycles. The molecule has 0 radical (unpaired) electrons. The first-order chi connectivity index (χ1) is 18.0. The fourth-order valence-electron chi connectivity index (χ4n) is 4.07. The molecule has 0 saturated carbocycles. The molecule has 0 fully saturated rings. The van der Waals surface area contributed by atoms with Gasteiger partial charge in [0.05, 0.1) is 11.3 Å². The second-order valence-corrected chi connectivity index (χ2v) is 12.1. The second kappa shape index (κ2) is 12.0. The number of hydrogen-bond donors (Lipinski definition) is 2.